The summed E-state index contributed by atoms with van der Waals surface area (Å²) in [5.74, 6) is -1.28. The summed E-state index contributed by atoms with van der Waals surface area (Å²) < 4.78 is 43.6. The highest BCUT2D eigenvalue weighted by Crippen LogP contribution is 2.42. The number of esters is 1. The number of halogens is 3. The van der Waals surface area contributed by atoms with E-state index < -0.39 is 23.3 Å². The Labute approximate surface area is 117 Å². The van der Waals surface area contributed by atoms with Gasteiger partial charge in [-0.25, -0.2) is 4.79 Å². The van der Waals surface area contributed by atoms with E-state index in [1.165, 1.54) is 30.5 Å². The molecule has 0 aliphatic heterocycles. The van der Waals surface area contributed by atoms with E-state index in [0.29, 0.717) is 6.92 Å². The molecular weight excluding hydrogens is 289 g/mol. The van der Waals surface area contributed by atoms with Gasteiger partial charge in [-0.15, -0.1) is 0 Å². The van der Waals surface area contributed by atoms with E-state index in [1.54, 1.807) is 0 Å². The second kappa shape index (κ2) is 5.21. The van der Waals surface area contributed by atoms with Crippen molar-refractivity contribution in [1.29, 1.82) is 0 Å². The van der Waals surface area contributed by atoms with Crippen molar-refractivity contribution in [3.05, 3.63) is 47.8 Å². The zero-order valence-electron chi connectivity index (χ0n) is 10.8. The van der Waals surface area contributed by atoms with Crippen LogP contribution in [0.3, 0.4) is 0 Å². The Morgan fingerprint density at radius 2 is 1.95 bits per heavy atom. The minimum Gasteiger partial charge on any atom is -0.421 e. The van der Waals surface area contributed by atoms with Crippen LogP contribution in [0.15, 0.2) is 36.5 Å². The lowest BCUT2D eigenvalue weighted by Gasteiger charge is -2.28. The lowest BCUT2D eigenvalue weighted by atomic mass is 9.94. The summed E-state index contributed by atoms with van der Waals surface area (Å²) in [5, 5.41) is 15.6. The topological polar surface area (TPSA) is 75.2 Å². The third-order valence-electron chi connectivity index (χ3n) is 2.89. The van der Waals surface area contributed by atoms with Crippen LogP contribution in [0.1, 0.15) is 23.0 Å². The van der Waals surface area contributed by atoms with Crippen LogP contribution >= 0.6 is 0 Å². The molecule has 1 aromatic heterocycles. The van der Waals surface area contributed by atoms with Gasteiger partial charge in [0.1, 0.15) is 11.4 Å². The Morgan fingerprint density at radius 3 is 2.52 bits per heavy atom. The number of aliphatic hydroxyl groups is 1. The molecule has 0 saturated heterocycles. The molecule has 1 unspecified atom stereocenters. The second-order valence-corrected chi connectivity index (χ2v) is 4.43. The van der Waals surface area contributed by atoms with Gasteiger partial charge in [-0.05, 0) is 19.1 Å². The van der Waals surface area contributed by atoms with E-state index in [2.05, 4.69) is 10.2 Å². The highest BCUT2D eigenvalue weighted by Gasteiger charge is 2.52. The van der Waals surface area contributed by atoms with Gasteiger partial charge < -0.3 is 9.84 Å². The Kier molecular flexibility index (Phi) is 3.73. The van der Waals surface area contributed by atoms with Crippen molar-refractivity contribution in [2.75, 3.05) is 0 Å². The number of aromatic nitrogens is 2. The molecule has 2 N–H and O–H groups in total. The van der Waals surface area contributed by atoms with Gasteiger partial charge in [-0.1, -0.05) is 18.2 Å². The predicted molar refractivity (Wildman–Crippen MR) is 65.6 cm³/mol. The first-order valence-electron chi connectivity index (χ1n) is 5.83. The number of ether oxygens (including phenoxy) is 1. The lowest BCUT2D eigenvalue weighted by Crippen LogP contribution is -2.39. The van der Waals surface area contributed by atoms with Gasteiger partial charge in [0.25, 0.3) is 0 Å². The fraction of sp³-hybridized carbons (Fsp3) is 0.231. The average Bonchev–Trinajstić information content (AvgIpc) is 2.91. The number of carbonyl (C=O) groups is 1. The first-order chi connectivity index (χ1) is 9.73. The molecule has 21 heavy (non-hydrogen) atoms. The van der Waals surface area contributed by atoms with E-state index >= 15 is 0 Å². The molecule has 112 valence electrons. The monoisotopic (exact) mass is 300 g/mol. The number of nitrogens with zero attached hydrogens (tertiary/aromatic N) is 1. The van der Waals surface area contributed by atoms with Crippen molar-refractivity contribution >= 4 is 5.97 Å². The molecule has 0 fully saturated rings. The SMILES string of the molecule is CC(O)(c1ccccc1OC(=O)c1ccn[nH]1)C(F)(F)F. The number of nitrogens with one attached hydrogen (secondary N) is 1. The highest BCUT2D eigenvalue weighted by atomic mass is 19.4. The maximum Gasteiger partial charge on any atom is 0.421 e. The molecule has 8 heteroatoms. The minimum absolute atomic E-state index is 0.0172. The Morgan fingerprint density at radius 1 is 1.29 bits per heavy atom. The molecule has 0 bridgehead atoms. The van der Waals surface area contributed by atoms with Crippen molar-refractivity contribution in [2.24, 2.45) is 0 Å². The van der Waals surface area contributed by atoms with E-state index in [0.717, 1.165) is 6.07 Å². The van der Waals surface area contributed by atoms with Gasteiger partial charge in [0.05, 0.1) is 0 Å². The van der Waals surface area contributed by atoms with Crippen molar-refractivity contribution in [3.63, 3.8) is 0 Å². The zero-order chi connectivity index (χ0) is 15.7. The molecular formula is C13H11F3N2O3. The molecule has 2 rings (SSSR count). The zero-order valence-corrected chi connectivity index (χ0v) is 10.8. The summed E-state index contributed by atoms with van der Waals surface area (Å²) in [4.78, 5) is 11.7. The molecule has 0 spiro atoms. The standard InChI is InChI=1S/C13H11F3N2O3/c1-12(20,13(14,15)16)8-4-2-3-5-10(8)21-11(19)9-6-7-17-18-9/h2-7,20H,1H3,(H,17,18). The normalized spacial score (nSPS) is 14.5. The molecule has 0 saturated carbocycles. The van der Waals surface area contributed by atoms with Crippen LogP contribution in [0.25, 0.3) is 0 Å². The number of para-hydroxylation sites is 1. The van der Waals surface area contributed by atoms with Crippen molar-refractivity contribution in [1.82, 2.24) is 10.2 Å². The second-order valence-electron chi connectivity index (χ2n) is 4.43. The van der Waals surface area contributed by atoms with Gasteiger partial charge >= 0.3 is 12.1 Å². The molecule has 1 heterocycles. The van der Waals surface area contributed by atoms with E-state index in [9.17, 15) is 23.1 Å². The van der Waals surface area contributed by atoms with Gasteiger partial charge in [0, 0.05) is 11.8 Å². The quantitative estimate of drug-likeness (QED) is 0.674. The van der Waals surface area contributed by atoms with Crippen LogP contribution in [0.2, 0.25) is 0 Å². The number of aromatic amines is 1. The molecule has 5 nitrogen and oxygen atoms in total. The molecule has 1 aromatic carbocycles. The summed E-state index contributed by atoms with van der Waals surface area (Å²) >= 11 is 0. The molecule has 0 aliphatic rings. The molecule has 0 amide bonds. The maximum absolute atomic E-state index is 12.9. The van der Waals surface area contributed by atoms with Crippen LogP contribution in [-0.4, -0.2) is 27.4 Å². The summed E-state index contributed by atoms with van der Waals surface area (Å²) in [7, 11) is 0. The summed E-state index contributed by atoms with van der Waals surface area (Å²) in [6, 6.07) is 6.23. The van der Waals surface area contributed by atoms with Gasteiger partial charge in [-0.2, -0.15) is 18.3 Å². The number of H-pyrrole nitrogens is 1. The molecule has 1 atom stereocenters. The van der Waals surface area contributed by atoms with Crippen LogP contribution in [0, 0.1) is 0 Å². The number of hydrogen-bond donors (Lipinski definition) is 2. The van der Waals surface area contributed by atoms with Crippen LogP contribution < -0.4 is 4.74 Å². The highest BCUT2D eigenvalue weighted by molar-refractivity contribution is 5.89. The van der Waals surface area contributed by atoms with Gasteiger partial charge in [-0.3, -0.25) is 5.10 Å². The third-order valence-corrected chi connectivity index (χ3v) is 2.89. The number of rotatable bonds is 3. The van der Waals surface area contributed by atoms with Gasteiger partial charge in [0.2, 0.25) is 0 Å². The van der Waals surface area contributed by atoms with Crippen molar-refractivity contribution < 1.29 is 27.8 Å². The Bertz CT molecular complexity index is 636. The van der Waals surface area contributed by atoms with E-state index in [1.807, 2.05) is 0 Å². The smallest absolute Gasteiger partial charge is 0.421 e. The van der Waals surface area contributed by atoms with Crippen LogP contribution in [-0.2, 0) is 5.60 Å². The van der Waals surface area contributed by atoms with Crippen LogP contribution in [0.4, 0.5) is 13.2 Å². The summed E-state index contributed by atoms with van der Waals surface area (Å²) in [6.45, 7) is 0.593. The fourth-order valence-corrected chi connectivity index (χ4v) is 1.63. The average molecular weight is 300 g/mol. The number of hydrogen-bond acceptors (Lipinski definition) is 4. The summed E-state index contributed by atoms with van der Waals surface area (Å²) in [6.07, 6.45) is -3.61. The number of benzene rings is 1. The third kappa shape index (κ3) is 2.89. The molecule has 0 aliphatic carbocycles. The largest absolute Gasteiger partial charge is 0.421 e. The molecule has 2 aromatic rings. The minimum atomic E-state index is -4.91. The van der Waals surface area contributed by atoms with Gasteiger partial charge in [0.15, 0.2) is 5.60 Å². The number of carbonyl (C=O) groups excluding carboxylic acids is 1. The first-order valence-corrected chi connectivity index (χ1v) is 5.83. The van der Waals surface area contributed by atoms with E-state index in [4.69, 9.17) is 4.74 Å². The maximum atomic E-state index is 12.9. The fourth-order valence-electron chi connectivity index (χ4n) is 1.63. The first kappa shape index (κ1) is 15.0. The van der Waals surface area contributed by atoms with E-state index in [-0.39, 0.29) is 11.4 Å². The Hall–Kier alpha value is -2.35. The predicted octanol–water partition coefficient (Wildman–Crippen LogP) is 2.40. The summed E-state index contributed by atoms with van der Waals surface area (Å²) in [5.41, 5.74) is -3.71. The molecule has 0 radical (unpaired) electrons. The number of alkyl halides is 3. The lowest BCUT2D eigenvalue weighted by molar-refractivity contribution is -0.259. The van der Waals surface area contributed by atoms with Crippen LogP contribution in [0.5, 0.6) is 5.75 Å². The Balaban J connectivity index is 2.36. The van der Waals surface area contributed by atoms with Crippen molar-refractivity contribution in [2.45, 2.75) is 18.7 Å². The van der Waals surface area contributed by atoms with Crippen molar-refractivity contribution in [3.8, 4) is 5.75 Å².